The highest BCUT2D eigenvalue weighted by atomic mass is 19.4. The number of halogens is 3. The molecule has 0 fully saturated rings. The van der Waals surface area contributed by atoms with Crippen molar-refractivity contribution >= 4 is 0 Å². The molecule has 0 saturated carbocycles. The summed E-state index contributed by atoms with van der Waals surface area (Å²) in [6.45, 7) is 2.48. The quantitative estimate of drug-likeness (QED) is 0.843. The molecule has 1 N–H and O–H groups in total. The highest BCUT2D eigenvalue weighted by molar-refractivity contribution is 5.35. The lowest BCUT2D eigenvalue weighted by Crippen LogP contribution is -2.23. The fraction of sp³-hybridized carbons (Fsp3) is 0.538. The van der Waals surface area contributed by atoms with E-state index in [1.54, 1.807) is 24.3 Å². The largest absolute Gasteiger partial charge is 0.496 e. The van der Waals surface area contributed by atoms with Crippen molar-refractivity contribution in [1.82, 2.24) is 5.32 Å². The Kier molecular flexibility index (Phi) is 5.47. The molecular weight excluding hydrogens is 243 g/mol. The zero-order valence-electron chi connectivity index (χ0n) is 10.6. The minimum Gasteiger partial charge on any atom is -0.496 e. The van der Waals surface area contributed by atoms with E-state index in [-0.39, 0.29) is 12.5 Å². The Bertz CT molecular complexity index is 365. The normalized spacial score (nSPS) is 13.4. The Hall–Kier alpha value is -1.23. The van der Waals surface area contributed by atoms with Crippen LogP contribution in [0.15, 0.2) is 24.3 Å². The van der Waals surface area contributed by atoms with E-state index >= 15 is 0 Å². The first-order valence-electron chi connectivity index (χ1n) is 5.91. The van der Waals surface area contributed by atoms with Crippen molar-refractivity contribution in [2.75, 3.05) is 13.7 Å². The molecule has 1 atom stereocenters. The van der Waals surface area contributed by atoms with Gasteiger partial charge in [0.2, 0.25) is 0 Å². The first-order chi connectivity index (χ1) is 8.48. The summed E-state index contributed by atoms with van der Waals surface area (Å²) in [6.07, 6.45) is -4.92. The van der Waals surface area contributed by atoms with Crippen LogP contribution in [-0.2, 0) is 0 Å². The number of hydrogen-bond donors (Lipinski definition) is 1. The number of hydrogen-bond acceptors (Lipinski definition) is 2. The molecule has 0 heterocycles. The molecule has 0 aliphatic heterocycles. The van der Waals surface area contributed by atoms with E-state index in [4.69, 9.17) is 4.74 Å². The minimum absolute atomic E-state index is 0.0116. The number of rotatable bonds is 6. The van der Waals surface area contributed by atoms with Gasteiger partial charge in [0.25, 0.3) is 0 Å². The Morgan fingerprint density at radius 2 is 1.94 bits per heavy atom. The van der Waals surface area contributed by atoms with Crippen molar-refractivity contribution in [2.24, 2.45) is 0 Å². The molecule has 5 heteroatoms. The van der Waals surface area contributed by atoms with Gasteiger partial charge in [0.05, 0.1) is 7.11 Å². The van der Waals surface area contributed by atoms with Gasteiger partial charge in [-0.3, -0.25) is 0 Å². The van der Waals surface area contributed by atoms with Crippen LogP contribution < -0.4 is 10.1 Å². The molecule has 2 nitrogen and oxygen atoms in total. The summed E-state index contributed by atoms with van der Waals surface area (Å²) in [5.41, 5.74) is 0.770. The molecule has 0 radical (unpaired) electrons. The van der Waals surface area contributed by atoms with E-state index in [1.807, 2.05) is 6.92 Å². The second-order valence-corrected chi connectivity index (χ2v) is 4.01. The summed E-state index contributed by atoms with van der Waals surface area (Å²) in [5, 5.41) is 3.07. The maximum absolute atomic E-state index is 12.3. The molecule has 0 aliphatic rings. The van der Waals surface area contributed by atoms with Crippen molar-refractivity contribution in [3.8, 4) is 5.75 Å². The zero-order valence-corrected chi connectivity index (χ0v) is 10.6. The lowest BCUT2D eigenvalue weighted by atomic mass is 10.0. The Morgan fingerprint density at radius 3 is 2.50 bits per heavy atom. The molecule has 0 amide bonds. The molecule has 1 rings (SSSR count). The van der Waals surface area contributed by atoms with Crippen LogP contribution in [0.1, 0.15) is 31.4 Å². The summed E-state index contributed by atoms with van der Waals surface area (Å²) in [4.78, 5) is 0. The molecule has 1 unspecified atom stereocenters. The van der Waals surface area contributed by atoms with Crippen LogP contribution in [0.5, 0.6) is 5.75 Å². The fourth-order valence-electron chi connectivity index (χ4n) is 1.88. The summed E-state index contributed by atoms with van der Waals surface area (Å²) in [6, 6.07) is 6.81. The number of para-hydroxylation sites is 1. The number of methoxy groups -OCH3 is 1. The molecular formula is C13H18F3NO. The highest BCUT2D eigenvalue weighted by Gasteiger charge is 2.29. The molecule has 0 saturated heterocycles. The van der Waals surface area contributed by atoms with Crippen molar-refractivity contribution in [1.29, 1.82) is 0 Å². The Morgan fingerprint density at radius 1 is 1.28 bits per heavy atom. The monoisotopic (exact) mass is 261 g/mol. The third-order valence-electron chi connectivity index (χ3n) is 2.68. The average molecular weight is 261 g/mol. The SMILES string of the molecule is CCNC(CCC(F)(F)F)c1ccccc1OC. The molecule has 18 heavy (non-hydrogen) atoms. The third-order valence-corrected chi connectivity index (χ3v) is 2.68. The number of alkyl halides is 3. The van der Waals surface area contributed by atoms with Gasteiger partial charge < -0.3 is 10.1 Å². The molecule has 102 valence electrons. The molecule has 0 spiro atoms. The van der Waals surface area contributed by atoms with Gasteiger partial charge in [-0.15, -0.1) is 0 Å². The van der Waals surface area contributed by atoms with Gasteiger partial charge in [-0.05, 0) is 19.0 Å². The van der Waals surface area contributed by atoms with E-state index < -0.39 is 12.6 Å². The van der Waals surface area contributed by atoms with Gasteiger partial charge in [0.15, 0.2) is 0 Å². The number of benzene rings is 1. The van der Waals surface area contributed by atoms with E-state index in [9.17, 15) is 13.2 Å². The first kappa shape index (κ1) is 14.8. The number of nitrogens with one attached hydrogen (secondary N) is 1. The third kappa shape index (κ3) is 4.56. The van der Waals surface area contributed by atoms with E-state index in [2.05, 4.69) is 5.32 Å². The predicted octanol–water partition coefficient (Wildman–Crippen LogP) is 3.69. The lowest BCUT2D eigenvalue weighted by Gasteiger charge is -2.21. The topological polar surface area (TPSA) is 21.3 Å². The standard InChI is InChI=1S/C13H18F3NO/c1-3-17-11(8-9-13(14,15)16)10-6-4-5-7-12(10)18-2/h4-7,11,17H,3,8-9H2,1-2H3. The van der Waals surface area contributed by atoms with E-state index in [0.717, 1.165) is 5.56 Å². The van der Waals surface area contributed by atoms with Crippen LogP contribution in [0, 0.1) is 0 Å². The van der Waals surface area contributed by atoms with Crippen molar-refractivity contribution < 1.29 is 17.9 Å². The van der Waals surface area contributed by atoms with Crippen LogP contribution in [0.3, 0.4) is 0 Å². The maximum Gasteiger partial charge on any atom is 0.389 e. The van der Waals surface area contributed by atoms with Gasteiger partial charge in [-0.1, -0.05) is 25.1 Å². The van der Waals surface area contributed by atoms with E-state index in [1.165, 1.54) is 7.11 Å². The zero-order chi connectivity index (χ0) is 13.6. The van der Waals surface area contributed by atoms with Crippen LogP contribution in [0.4, 0.5) is 13.2 Å². The summed E-state index contributed by atoms with van der Waals surface area (Å²) in [5.74, 6) is 0.616. The Labute approximate surface area is 105 Å². The van der Waals surface area contributed by atoms with Crippen molar-refractivity contribution in [2.45, 2.75) is 32.0 Å². The van der Waals surface area contributed by atoms with Gasteiger partial charge in [-0.25, -0.2) is 0 Å². The molecule has 1 aromatic rings. The van der Waals surface area contributed by atoms with Gasteiger partial charge in [0, 0.05) is 18.0 Å². The highest BCUT2D eigenvalue weighted by Crippen LogP contribution is 2.31. The van der Waals surface area contributed by atoms with Crippen LogP contribution in [-0.4, -0.2) is 19.8 Å². The second-order valence-electron chi connectivity index (χ2n) is 4.01. The van der Waals surface area contributed by atoms with Crippen molar-refractivity contribution in [3.63, 3.8) is 0 Å². The minimum atomic E-state index is -4.13. The van der Waals surface area contributed by atoms with Crippen LogP contribution in [0.2, 0.25) is 0 Å². The molecule has 0 aliphatic carbocycles. The van der Waals surface area contributed by atoms with Crippen molar-refractivity contribution in [3.05, 3.63) is 29.8 Å². The molecule has 0 bridgehead atoms. The average Bonchev–Trinajstić information content (AvgIpc) is 2.33. The molecule has 1 aromatic carbocycles. The summed E-state index contributed by atoms with van der Waals surface area (Å²) in [7, 11) is 1.52. The first-order valence-corrected chi connectivity index (χ1v) is 5.91. The maximum atomic E-state index is 12.3. The fourth-order valence-corrected chi connectivity index (χ4v) is 1.88. The smallest absolute Gasteiger partial charge is 0.389 e. The van der Waals surface area contributed by atoms with Gasteiger partial charge in [-0.2, -0.15) is 13.2 Å². The van der Waals surface area contributed by atoms with Gasteiger partial charge in [0.1, 0.15) is 5.75 Å². The second kappa shape index (κ2) is 6.64. The van der Waals surface area contributed by atoms with E-state index in [0.29, 0.717) is 12.3 Å². The van der Waals surface area contributed by atoms with Crippen LogP contribution in [0.25, 0.3) is 0 Å². The lowest BCUT2D eigenvalue weighted by molar-refractivity contribution is -0.136. The van der Waals surface area contributed by atoms with Crippen LogP contribution >= 0.6 is 0 Å². The Balaban J connectivity index is 2.83. The summed E-state index contributed by atoms with van der Waals surface area (Å²) < 4.78 is 42.1. The predicted molar refractivity (Wildman–Crippen MR) is 64.7 cm³/mol. The van der Waals surface area contributed by atoms with Gasteiger partial charge >= 0.3 is 6.18 Å². The molecule has 0 aromatic heterocycles. The summed E-state index contributed by atoms with van der Waals surface area (Å²) >= 11 is 0. The number of ether oxygens (including phenoxy) is 1.